The maximum absolute atomic E-state index is 2.52. The van der Waals surface area contributed by atoms with Gasteiger partial charge >= 0.3 is 0 Å². The normalized spacial score (nSPS) is 13.2. The minimum absolute atomic E-state index is 1.30. The summed E-state index contributed by atoms with van der Waals surface area (Å²) in [6, 6.07) is 5.04. The van der Waals surface area contributed by atoms with Crippen LogP contribution in [-0.4, -0.2) is 0 Å². The van der Waals surface area contributed by atoms with E-state index in [-0.39, 0.29) is 0 Å². The Morgan fingerprint density at radius 3 is 1.78 bits per heavy atom. The van der Waals surface area contributed by atoms with Gasteiger partial charge in [-0.2, -0.15) is 0 Å². The standard InChI is InChI=1S/C18H28/c1-3-5-7-8-10-16-14-18-12-11-17(18)13-15(16)9-6-4-2/h13-14H,3-12H2,1-2H3. The van der Waals surface area contributed by atoms with Crippen LogP contribution < -0.4 is 0 Å². The zero-order chi connectivity index (χ0) is 12.8. The van der Waals surface area contributed by atoms with Gasteiger partial charge in [0, 0.05) is 0 Å². The highest BCUT2D eigenvalue weighted by atomic mass is 14.2. The van der Waals surface area contributed by atoms with Crippen molar-refractivity contribution in [2.45, 2.75) is 78.1 Å². The molecule has 0 nitrogen and oxygen atoms in total. The number of hydrogen-bond acceptors (Lipinski definition) is 0. The lowest BCUT2D eigenvalue weighted by Crippen LogP contribution is -2.11. The monoisotopic (exact) mass is 244 g/mol. The molecule has 0 N–H and O–H groups in total. The quantitative estimate of drug-likeness (QED) is 0.548. The summed E-state index contributed by atoms with van der Waals surface area (Å²) in [7, 11) is 0. The third-order valence-electron chi connectivity index (χ3n) is 4.28. The van der Waals surface area contributed by atoms with Crippen molar-refractivity contribution in [3.05, 3.63) is 34.4 Å². The van der Waals surface area contributed by atoms with Crippen LogP contribution in [0.15, 0.2) is 12.1 Å². The first kappa shape index (κ1) is 13.6. The topological polar surface area (TPSA) is 0 Å². The van der Waals surface area contributed by atoms with Crippen molar-refractivity contribution in [2.75, 3.05) is 0 Å². The molecule has 0 aliphatic heterocycles. The molecule has 0 bridgehead atoms. The third kappa shape index (κ3) is 3.37. The van der Waals surface area contributed by atoms with E-state index in [1.54, 1.807) is 22.3 Å². The first-order valence-electron chi connectivity index (χ1n) is 7.98. The van der Waals surface area contributed by atoms with E-state index in [4.69, 9.17) is 0 Å². The average Bonchev–Trinajstić information content (AvgIpc) is 2.36. The molecule has 0 unspecified atom stereocenters. The molecule has 1 aromatic rings. The van der Waals surface area contributed by atoms with E-state index in [0.29, 0.717) is 0 Å². The molecule has 0 aromatic heterocycles. The van der Waals surface area contributed by atoms with Gasteiger partial charge in [-0.1, -0.05) is 51.7 Å². The van der Waals surface area contributed by atoms with E-state index in [1.165, 1.54) is 64.2 Å². The Hall–Kier alpha value is -0.780. The van der Waals surface area contributed by atoms with Crippen LogP contribution in [0.4, 0.5) is 0 Å². The fraction of sp³-hybridized carbons (Fsp3) is 0.667. The molecular formula is C18H28. The van der Waals surface area contributed by atoms with Crippen LogP contribution >= 0.6 is 0 Å². The molecule has 2 rings (SSSR count). The van der Waals surface area contributed by atoms with Crippen molar-refractivity contribution in [3.8, 4) is 0 Å². The molecule has 0 atom stereocenters. The Kier molecular flexibility index (Phi) is 5.28. The molecule has 100 valence electrons. The predicted molar refractivity (Wildman–Crippen MR) is 80.3 cm³/mol. The van der Waals surface area contributed by atoms with Gasteiger partial charge in [-0.25, -0.2) is 0 Å². The molecule has 0 spiro atoms. The second-order valence-corrected chi connectivity index (χ2v) is 5.80. The van der Waals surface area contributed by atoms with Crippen molar-refractivity contribution < 1.29 is 0 Å². The highest BCUT2D eigenvalue weighted by molar-refractivity contribution is 5.43. The van der Waals surface area contributed by atoms with Gasteiger partial charge in [-0.05, 0) is 60.8 Å². The molecule has 0 amide bonds. The van der Waals surface area contributed by atoms with Crippen LogP contribution in [0.25, 0.3) is 0 Å². The van der Waals surface area contributed by atoms with E-state index in [0.717, 1.165) is 0 Å². The maximum Gasteiger partial charge on any atom is -0.0235 e. The Morgan fingerprint density at radius 2 is 1.28 bits per heavy atom. The predicted octanol–water partition coefficient (Wildman–Crippen LogP) is 5.25. The second-order valence-electron chi connectivity index (χ2n) is 5.80. The number of fused-ring (bicyclic) bond motifs is 1. The molecule has 0 heteroatoms. The number of benzene rings is 1. The number of hydrogen-bond donors (Lipinski definition) is 0. The van der Waals surface area contributed by atoms with Crippen LogP contribution in [0.5, 0.6) is 0 Å². The van der Waals surface area contributed by atoms with Gasteiger partial charge in [0.05, 0.1) is 0 Å². The molecule has 18 heavy (non-hydrogen) atoms. The van der Waals surface area contributed by atoms with Crippen LogP contribution in [0.1, 0.15) is 74.6 Å². The maximum atomic E-state index is 2.52. The first-order valence-corrected chi connectivity index (χ1v) is 7.98. The van der Waals surface area contributed by atoms with Crippen molar-refractivity contribution in [2.24, 2.45) is 0 Å². The van der Waals surface area contributed by atoms with Crippen LogP contribution in [0, 0.1) is 0 Å². The molecular weight excluding hydrogens is 216 g/mol. The molecule has 0 saturated carbocycles. The molecule has 0 saturated heterocycles. The SMILES string of the molecule is CCCCCCc1cc2c(cc1CCCC)CC2. The van der Waals surface area contributed by atoms with Crippen molar-refractivity contribution in [1.29, 1.82) is 0 Å². The summed E-state index contributed by atoms with van der Waals surface area (Å²) in [6.45, 7) is 4.58. The van der Waals surface area contributed by atoms with Gasteiger partial charge in [0.25, 0.3) is 0 Å². The zero-order valence-electron chi connectivity index (χ0n) is 12.2. The molecule has 1 aromatic carbocycles. The Morgan fingerprint density at radius 1 is 0.722 bits per heavy atom. The highest BCUT2D eigenvalue weighted by Crippen LogP contribution is 2.28. The Labute approximate surface area is 113 Å². The zero-order valence-corrected chi connectivity index (χ0v) is 12.2. The fourth-order valence-electron chi connectivity index (χ4n) is 2.92. The van der Waals surface area contributed by atoms with Gasteiger partial charge in [-0.15, -0.1) is 0 Å². The molecule has 1 aliphatic carbocycles. The lowest BCUT2D eigenvalue weighted by atomic mass is 9.83. The van der Waals surface area contributed by atoms with Gasteiger partial charge in [0.15, 0.2) is 0 Å². The van der Waals surface area contributed by atoms with Crippen LogP contribution in [-0.2, 0) is 25.7 Å². The summed E-state index contributed by atoms with van der Waals surface area (Å²) < 4.78 is 0. The van der Waals surface area contributed by atoms with Gasteiger partial charge < -0.3 is 0 Å². The van der Waals surface area contributed by atoms with Crippen molar-refractivity contribution >= 4 is 0 Å². The minimum atomic E-state index is 1.30. The number of unbranched alkanes of at least 4 members (excludes halogenated alkanes) is 4. The average molecular weight is 244 g/mol. The fourth-order valence-corrected chi connectivity index (χ4v) is 2.92. The van der Waals surface area contributed by atoms with E-state index in [1.807, 2.05) is 0 Å². The second kappa shape index (κ2) is 6.97. The molecule has 0 fully saturated rings. The summed E-state index contributed by atoms with van der Waals surface area (Å²) >= 11 is 0. The van der Waals surface area contributed by atoms with Crippen molar-refractivity contribution in [1.82, 2.24) is 0 Å². The molecule has 0 radical (unpaired) electrons. The summed E-state index contributed by atoms with van der Waals surface area (Å²) in [5, 5.41) is 0. The Balaban J connectivity index is 1.99. The lowest BCUT2D eigenvalue weighted by Gasteiger charge is -2.22. The van der Waals surface area contributed by atoms with E-state index < -0.39 is 0 Å². The summed E-state index contributed by atoms with van der Waals surface area (Å²) in [4.78, 5) is 0. The van der Waals surface area contributed by atoms with Crippen LogP contribution in [0.2, 0.25) is 0 Å². The molecule has 1 aliphatic rings. The summed E-state index contributed by atoms with van der Waals surface area (Å²) in [5.41, 5.74) is 6.60. The summed E-state index contributed by atoms with van der Waals surface area (Å²) in [5.74, 6) is 0. The van der Waals surface area contributed by atoms with Crippen LogP contribution in [0.3, 0.4) is 0 Å². The number of rotatable bonds is 8. The summed E-state index contributed by atoms with van der Waals surface area (Å²) in [6.07, 6.45) is 13.4. The van der Waals surface area contributed by atoms with Gasteiger partial charge in [0.2, 0.25) is 0 Å². The lowest BCUT2D eigenvalue weighted by molar-refractivity contribution is 0.660. The minimum Gasteiger partial charge on any atom is -0.0654 e. The highest BCUT2D eigenvalue weighted by Gasteiger charge is 2.16. The van der Waals surface area contributed by atoms with E-state index in [2.05, 4.69) is 26.0 Å². The van der Waals surface area contributed by atoms with Crippen molar-refractivity contribution in [3.63, 3.8) is 0 Å². The first-order chi connectivity index (χ1) is 8.85. The van der Waals surface area contributed by atoms with E-state index in [9.17, 15) is 0 Å². The smallest absolute Gasteiger partial charge is 0.0235 e. The largest absolute Gasteiger partial charge is 0.0654 e. The number of aryl methyl sites for hydroxylation is 4. The molecule has 0 heterocycles. The van der Waals surface area contributed by atoms with E-state index >= 15 is 0 Å². The van der Waals surface area contributed by atoms with Gasteiger partial charge in [-0.3, -0.25) is 0 Å². The van der Waals surface area contributed by atoms with Gasteiger partial charge in [0.1, 0.15) is 0 Å². The Bertz CT molecular complexity index is 376. The third-order valence-corrected chi connectivity index (χ3v) is 4.28.